The van der Waals surface area contributed by atoms with Gasteiger partial charge in [-0.05, 0) is 48.7 Å². The van der Waals surface area contributed by atoms with Crippen molar-refractivity contribution in [3.05, 3.63) is 53.6 Å². The molecule has 4 heteroatoms. The van der Waals surface area contributed by atoms with E-state index in [1.165, 1.54) is 0 Å². The number of para-hydroxylation sites is 1. The Balaban J connectivity index is 1.81. The van der Waals surface area contributed by atoms with Gasteiger partial charge in [-0.2, -0.15) is 0 Å². The fraction of sp³-hybridized carbons (Fsp3) is 0.235. The number of phenolic OH excluding ortho intramolecular Hbond substituents is 1. The summed E-state index contributed by atoms with van der Waals surface area (Å²) in [4.78, 5) is 12.5. The fourth-order valence-corrected chi connectivity index (χ4v) is 2.70. The van der Waals surface area contributed by atoms with Gasteiger partial charge in [-0.3, -0.25) is 4.79 Å². The molecule has 2 aromatic carbocycles. The predicted molar refractivity (Wildman–Crippen MR) is 83.8 cm³/mol. The van der Waals surface area contributed by atoms with E-state index in [1.54, 1.807) is 18.2 Å². The number of nitrogens with one attached hydrogen (secondary N) is 2. The van der Waals surface area contributed by atoms with Gasteiger partial charge in [0.2, 0.25) is 5.91 Å². The topological polar surface area (TPSA) is 61.4 Å². The molecule has 0 bridgehead atoms. The Labute approximate surface area is 123 Å². The third-order valence-corrected chi connectivity index (χ3v) is 3.87. The molecule has 3 N–H and O–H groups in total. The van der Waals surface area contributed by atoms with Crippen LogP contribution in [0.2, 0.25) is 0 Å². The monoisotopic (exact) mass is 282 g/mol. The summed E-state index contributed by atoms with van der Waals surface area (Å²) >= 11 is 0. The molecule has 0 aromatic heterocycles. The lowest BCUT2D eigenvalue weighted by atomic mass is 9.90. The van der Waals surface area contributed by atoms with E-state index in [1.807, 2.05) is 31.2 Å². The molecule has 0 fully saturated rings. The quantitative estimate of drug-likeness (QED) is 0.741. The first kappa shape index (κ1) is 13.5. The number of anilines is 2. The van der Waals surface area contributed by atoms with E-state index >= 15 is 0 Å². The van der Waals surface area contributed by atoms with Crippen molar-refractivity contribution in [2.24, 2.45) is 0 Å². The van der Waals surface area contributed by atoms with Crippen LogP contribution in [0.1, 0.15) is 23.5 Å². The molecule has 0 saturated heterocycles. The summed E-state index contributed by atoms with van der Waals surface area (Å²) in [7, 11) is 0. The second kappa shape index (κ2) is 5.48. The minimum absolute atomic E-state index is 0.00552. The second-order valence-electron chi connectivity index (χ2n) is 5.35. The standard InChI is InChI=1S/C17H18N2O2/c1-11-10-12(6-7-16(11)20)19-17(21)14-8-9-18-15-5-3-2-4-13(14)15/h2-7,10,14,18,20H,8-9H2,1H3,(H,19,21). The average molecular weight is 282 g/mol. The van der Waals surface area contributed by atoms with Crippen molar-refractivity contribution in [1.29, 1.82) is 0 Å². The minimum Gasteiger partial charge on any atom is -0.508 e. The smallest absolute Gasteiger partial charge is 0.232 e. The summed E-state index contributed by atoms with van der Waals surface area (Å²) in [5, 5.41) is 15.8. The second-order valence-corrected chi connectivity index (χ2v) is 5.35. The van der Waals surface area contributed by atoms with Crippen LogP contribution in [0.25, 0.3) is 0 Å². The molecule has 1 heterocycles. The molecule has 4 nitrogen and oxygen atoms in total. The molecule has 1 aliphatic heterocycles. The summed E-state index contributed by atoms with van der Waals surface area (Å²) in [6.07, 6.45) is 0.778. The highest BCUT2D eigenvalue weighted by Crippen LogP contribution is 2.32. The number of fused-ring (bicyclic) bond motifs is 1. The zero-order valence-corrected chi connectivity index (χ0v) is 11.9. The third-order valence-electron chi connectivity index (χ3n) is 3.87. The summed E-state index contributed by atoms with van der Waals surface area (Å²) in [5.41, 5.74) is 3.53. The first-order valence-corrected chi connectivity index (χ1v) is 7.08. The fourth-order valence-electron chi connectivity index (χ4n) is 2.70. The van der Waals surface area contributed by atoms with Gasteiger partial charge in [0.05, 0.1) is 5.92 Å². The number of hydrogen-bond donors (Lipinski definition) is 3. The normalized spacial score (nSPS) is 16.7. The molecular weight excluding hydrogens is 264 g/mol. The van der Waals surface area contributed by atoms with E-state index in [2.05, 4.69) is 10.6 Å². The SMILES string of the molecule is Cc1cc(NC(=O)C2CCNc3ccccc32)ccc1O. The van der Waals surface area contributed by atoms with Crippen molar-refractivity contribution in [3.8, 4) is 5.75 Å². The molecule has 1 amide bonds. The Morgan fingerprint density at radius 1 is 1.29 bits per heavy atom. The van der Waals surface area contributed by atoms with Gasteiger partial charge in [-0.1, -0.05) is 18.2 Å². The molecule has 108 valence electrons. The highest BCUT2D eigenvalue weighted by Gasteiger charge is 2.26. The number of rotatable bonds is 2. The van der Waals surface area contributed by atoms with Crippen LogP contribution in [0.15, 0.2) is 42.5 Å². The zero-order chi connectivity index (χ0) is 14.8. The molecule has 0 aliphatic carbocycles. The lowest BCUT2D eigenvalue weighted by Gasteiger charge is -2.25. The molecule has 3 rings (SSSR count). The number of carbonyl (C=O) groups is 1. The first-order chi connectivity index (χ1) is 10.1. The Kier molecular flexibility index (Phi) is 3.52. The van der Waals surface area contributed by atoms with Crippen LogP contribution < -0.4 is 10.6 Å². The number of amides is 1. The van der Waals surface area contributed by atoms with Gasteiger partial charge < -0.3 is 15.7 Å². The summed E-state index contributed by atoms with van der Waals surface area (Å²) < 4.78 is 0. The van der Waals surface area contributed by atoms with Crippen LogP contribution in [0.5, 0.6) is 5.75 Å². The Hall–Kier alpha value is -2.49. The zero-order valence-electron chi connectivity index (χ0n) is 11.9. The number of hydrogen-bond acceptors (Lipinski definition) is 3. The van der Waals surface area contributed by atoms with Crippen molar-refractivity contribution in [1.82, 2.24) is 0 Å². The van der Waals surface area contributed by atoms with Gasteiger partial charge in [0.15, 0.2) is 0 Å². The summed E-state index contributed by atoms with van der Waals surface area (Å²) in [6, 6.07) is 13.0. The van der Waals surface area contributed by atoms with Crippen LogP contribution >= 0.6 is 0 Å². The summed E-state index contributed by atoms with van der Waals surface area (Å²) in [5.74, 6) is 0.0887. The van der Waals surface area contributed by atoms with Gasteiger partial charge >= 0.3 is 0 Å². The molecule has 1 unspecified atom stereocenters. The maximum absolute atomic E-state index is 12.5. The molecule has 0 saturated carbocycles. The number of aromatic hydroxyl groups is 1. The third kappa shape index (κ3) is 2.70. The molecule has 0 radical (unpaired) electrons. The Bertz CT molecular complexity index is 682. The summed E-state index contributed by atoms with van der Waals surface area (Å²) in [6.45, 7) is 2.61. The number of carbonyl (C=O) groups excluding carboxylic acids is 1. The van der Waals surface area contributed by atoms with E-state index in [4.69, 9.17) is 0 Å². The van der Waals surface area contributed by atoms with Crippen LogP contribution in [0, 0.1) is 6.92 Å². The maximum atomic E-state index is 12.5. The van der Waals surface area contributed by atoms with Crippen molar-refractivity contribution >= 4 is 17.3 Å². The van der Waals surface area contributed by atoms with Crippen LogP contribution in [0.4, 0.5) is 11.4 Å². The lowest BCUT2D eigenvalue weighted by molar-refractivity contribution is -0.117. The van der Waals surface area contributed by atoms with Gasteiger partial charge in [-0.15, -0.1) is 0 Å². The van der Waals surface area contributed by atoms with E-state index in [9.17, 15) is 9.90 Å². The van der Waals surface area contributed by atoms with E-state index in [0.29, 0.717) is 5.69 Å². The van der Waals surface area contributed by atoms with E-state index in [0.717, 1.165) is 29.8 Å². The molecular formula is C17H18N2O2. The lowest BCUT2D eigenvalue weighted by Crippen LogP contribution is -2.27. The predicted octanol–water partition coefficient (Wildman–Crippen LogP) is 3.24. The molecule has 1 atom stereocenters. The highest BCUT2D eigenvalue weighted by molar-refractivity contribution is 5.97. The first-order valence-electron chi connectivity index (χ1n) is 7.08. The van der Waals surface area contributed by atoms with E-state index < -0.39 is 0 Å². The Morgan fingerprint density at radius 3 is 2.90 bits per heavy atom. The van der Waals surface area contributed by atoms with Crippen molar-refractivity contribution in [2.75, 3.05) is 17.2 Å². The Morgan fingerprint density at radius 2 is 2.10 bits per heavy atom. The van der Waals surface area contributed by atoms with E-state index in [-0.39, 0.29) is 17.6 Å². The van der Waals surface area contributed by atoms with Crippen LogP contribution in [-0.2, 0) is 4.79 Å². The van der Waals surface area contributed by atoms with Crippen molar-refractivity contribution < 1.29 is 9.90 Å². The van der Waals surface area contributed by atoms with Gasteiger partial charge in [0.1, 0.15) is 5.75 Å². The van der Waals surface area contributed by atoms with Gasteiger partial charge in [0.25, 0.3) is 0 Å². The average Bonchev–Trinajstić information content (AvgIpc) is 2.50. The number of phenols is 1. The molecule has 0 spiro atoms. The highest BCUT2D eigenvalue weighted by atomic mass is 16.3. The molecule has 2 aromatic rings. The van der Waals surface area contributed by atoms with Gasteiger partial charge in [-0.25, -0.2) is 0 Å². The maximum Gasteiger partial charge on any atom is 0.232 e. The van der Waals surface area contributed by atoms with Crippen molar-refractivity contribution in [2.45, 2.75) is 19.3 Å². The number of aryl methyl sites for hydroxylation is 1. The number of benzene rings is 2. The minimum atomic E-state index is -0.142. The van der Waals surface area contributed by atoms with Crippen LogP contribution in [-0.4, -0.2) is 17.6 Å². The molecule has 21 heavy (non-hydrogen) atoms. The van der Waals surface area contributed by atoms with Gasteiger partial charge in [0, 0.05) is 17.9 Å². The molecule has 1 aliphatic rings. The van der Waals surface area contributed by atoms with Crippen molar-refractivity contribution in [3.63, 3.8) is 0 Å². The van der Waals surface area contributed by atoms with Crippen LogP contribution in [0.3, 0.4) is 0 Å². The largest absolute Gasteiger partial charge is 0.508 e.